The van der Waals surface area contributed by atoms with E-state index < -0.39 is 0 Å². The number of esters is 1. The minimum atomic E-state index is -0.332. The summed E-state index contributed by atoms with van der Waals surface area (Å²) in [5.41, 5.74) is 0. The zero-order valence-corrected chi connectivity index (χ0v) is 9.80. The first-order valence-corrected chi connectivity index (χ1v) is 4.72. The van der Waals surface area contributed by atoms with Gasteiger partial charge in [-0.05, 0) is 15.9 Å². The number of aliphatic imine (C=N–C) groups is 1. The summed E-state index contributed by atoms with van der Waals surface area (Å²) < 4.78 is 5.25. The molecule has 0 spiro atoms. The van der Waals surface area contributed by atoms with Gasteiger partial charge >= 0.3 is 5.97 Å². The SMILES string of the molecule is C=C/C(Br)=C\N=C(/CC(=O)OC)NC. The van der Waals surface area contributed by atoms with Crippen LogP contribution < -0.4 is 5.32 Å². The van der Waals surface area contributed by atoms with E-state index in [2.05, 4.69) is 37.6 Å². The van der Waals surface area contributed by atoms with Crippen LogP contribution in [0.1, 0.15) is 6.42 Å². The van der Waals surface area contributed by atoms with Crippen molar-refractivity contribution in [2.45, 2.75) is 6.42 Å². The fourth-order valence-electron chi connectivity index (χ4n) is 0.600. The highest BCUT2D eigenvalue weighted by atomic mass is 79.9. The summed E-state index contributed by atoms with van der Waals surface area (Å²) in [6.07, 6.45) is 3.29. The quantitative estimate of drug-likeness (QED) is 0.362. The van der Waals surface area contributed by atoms with Crippen molar-refractivity contribution in [2.24, 2.45) is 4.99 Å². The molecule has 0 radical (unpaired) electrons. The molecule has 14 heavy (non-hydrogen) atoms. The summed E-state index contributed by atoms with van der Waals surface area (Å²) in [7, 11) is 3.03. The van der Waals surface area contributed by atoms with Crippen LogP contribution >= 0.6 is 15.9 Å². The largest absolute Gasteiger partial charge is 0.469 e. The molecule has 5 heteroatoms. The number of ether oxygens (including phenoxy) is 1. The molecule has 0 unspecified atom stereocenters. The lowest BCUT2D eigenvalue weighted by atomic mass is 10.4. The van der Waals surface area contributed by atoms with Gasteiger partial charge in [-0.15, -0.1) is 0 Å². The second-order valence-corrected chi connectivity index (χ2v) is 3.21. The van der Waals surface area contributed by atoms with Crippen molar-refractivity contribution in [1.82, 2.24) is 5.32 Å². The molecule has 0 aromatic rings. The molecule has 78 valence electrons. The van der Waals surface area contributed by atoms with Crippen molar-refractivity contribution in [3.63, 3.8) is 0 Å². The van der Waals surface area contributed by atoms with Crippen LogP contribution in [0.4, 0.5) is 0 Å². The Kier molecular flexibility index (Phi) is 6.74. The summed E-state index contributed by atoms with van der Waals surface area (Å²) in [5, 5.41) is 2.80. The van der Waals surface area contributed by atoms with Crippen molar-refractivity contribution in [1.29, 1.82) is 0 Å². The van der Waals surface area contributed by atoms with E-state index >= 15 is 0 Å². The van der Waals surface area contributed by atoms with Gasteiger partial charge in [-0.2, -0.15) is 0 Å². The monoisotopic (exact) mass is 260 g/mol. The fourth-order valence-corrected chi connectivity index (χ4v) is 0.702. The molecule has 0 aromatic carbocycles. The molecule has 0 saturated heterocycles. The average Bonchev–Trinajstić information content (AvgIpc) is 2.22. The van der Waals surface area contributed by atoms with Gasteiger partial charge in [0.1, 0.15) is 12.3 Å². The number of rotatable bonds is 4. The maximum absolute atomic E-state index is 10.9. The van der Waals surface area contributed by atoms with E-state index in [9.17, 15) is 4.79 Å². The molecular formula is C9H13BrN2O2. The minimum absolute atomic E-state index is 0.126. The van der Waals surface area contributed by atoms with Crippen LogP contribution in [-0.2, 0) is 9.53 Å². The number of carbonyl (C=O) groups excluding carboxylic acids is 1. The second-order valence-electron chi connectivity index (χ2n) is 2.30. The summed E-state index contributed by atoms with van der Waals surface area (Å²) >= 11 is 3.21. The molecule has 0 aliphatic rings. The predicted octanol–water partition coefficient (Wildman–Crippen LogP) is 1.59. The third-order valence-electron chi connectivity index (χ3n) is 1.37. The molecule has 0 atom stereocenters. The van der Waals surface area contributed by atoms with Gasteiger partial charge in [-0.25, -0.2) is 4.99 Å². The van der Waals surface area contributed by atoms with Crippen LogP contribution in [0.2, 0.25) is 0 Å². The molecule has 0 rings (SSSR count). The number of halogens is 1. The van der Waals surface area contributed by atoms with Gasteiger partial charge in [0.15, 0.2) is 0 Å². The standard InChI is InChI=1S/C9H13BrN2O2/c1-4-7(10)6-12-8(11-2)5-9(13)14-3/h4,6H,1,5H2,2-3H3,(H,11,12)/b7-6+. The van der Waals surface area contributed by atoms with Crippen LogP contribution in [0, 0.1) is 0 Å². The van der Waals surface area contributed by atoms with Crippen LogP contribution in [0.5, 0.6) is 0 Å². The summed E-state index contributed by atoms with van der Waals surface area (Å²) in [5.74, 6) is 0.205. The number of amidine groups is 1. The molecule has 0 fully saturated rings. The highest BCUT2D eigenvalue weighted by Crippen LogP contribution is 2.04. The normalized spacial score (nSPS) is 12.2. The smallest absolute Gasteiger partial charge is 0.313 e. The number of carbonyl (C=O) groups is 1. The lowest BCUT2D eigenvalue weighted by molar-refractivity contribution is -0.139. The van der Waals surface area contributed by atoms with Crippen molar-refractivity contribution < 1.29 is 9.53 Å². The Morgan fingerprint density at radius 2 is 2.36 bits per heavy atom. The van der Waals surface area contributed by atoms with Gasteiger partial charge in [0.25, 0.3) is 0 Å². The number of nitrogens with zero attached hydrogens (tertiary/aromatic N) is 1. The Labute approximate surface area is 91.9 Å². The van der Waals surface area contributed by atoms with E-state index in [1.54, 1.807) is 19.3 Å². The van der Waals surface area contributed by atoms with E-state index in [1.807, 2.05) is 0 Å². The van der Waals surface area contributed by atoms with Crippen molar-refractivity contribution in [3.05, 3.63) is 23.3 Å². The van der Waals surface area contributed by atoms with Gasteiger partial charge in [-0.1, -0.05) is 12.7 Å². The van der Waals surface area contributed by atoms with E-state index in [4.69, 9.17) is 0 Å². The van der Waals surface area contributed by atoms with Gasteiger partial charge in [0, 0.05) is 17.7 Å². The maximum Gasteiger partial charge on any atom is 0.313 e. The number of allylic oxidation sites excluding steroid dienone is 2. The Morgan fingerprint density at radius 3 is 2.79 bits per heavy atom. The van der Waals surface area contributed by atoms with Crippen molar-refractivity contribution >= 4 is 27.7 Å². The summed E-state index contributed by atoms with van der Waals surface area (Å²) in [6, 6.07) is 0. The molecular weight excluding hydrogens is 248 g/mol. The Hall–Kier alpha value is -1.10. The summed E-state index contributed by atoms with van der Waals surface area (Å²) in [6.45, 7) is 3.55. The maximum atomic E-state index is 10.9. The zero-order chi connectivity index (χ0) is 11.0. The highest BCUT2D eigenvalue weighted by molar-refractivity contribution is 9.11. The minimum Gasteiger partial charge on any atom is -0.469 e. The molecule has 0 heterocycles. The lowest BCUT2D eigenvalue weighted by Gasteiger charge is -2.02. The van der Waals surface area contributed by atoms with E-state index in [1.165, 1.54) is 7.11 Å². The van der Waals surface area contributed by atoms with E-state index in [-0.39, 0.29) is 12.4 Å². The van der Waals surface area contributed by atoms with Crippen LogP contribution in [0.15, 0.2) is 28.3 Å². The third-order valence-corrected chi connectivity index (χ3v) is 1.90. The van der Waals surface area contributed by atoms with Crippen LogP contribution in [-0.4, -0.2) is 26.0 Å². The summed E-state index contributed by atoms with van der Waals surface area (Å²) in [4.78, 5) is 14.9. The zero-order valence-electron chi connectivity index (χ0n) is 8.21. The molecule has 0 aromatic heterocycles. The van der Waals surface area contributed by atoms with Crippen molar-refractivity contribution in [3.8, 4) is 0 Å². The van der Waals surface area contributed by atoms with Crippen LogP contribution in [0.3, 0.4) is 0 Å². The lowest BCUT2D eigenvalue weighted by Crippen LogP contribution is -2.22. The van der Waals surface area contributed by atoms with Gasteiger partial charge in [-0.3, -0.25) is 4.79 Å². The average molecular weight is 261 g/mol. The predicted molar refractivity (Wildman–Crippen MR) is 60.3 cm³/mol. The molecule has 0 bridgehead atoms. The first kappa shape index (κ1) is 12.9. The number of hydrogen-bond acceptors (Lipinski definition) is 3. The fraction of sp³-hybridized carbons (Fsp3) is 0.333. The highest BCUT2D eigenvalue weighted by Gasteiger charge is 2.04. The first-order chi connectivity index (χ1) is 6.63. The second kappa shape index (κ2) is 7.32. The Bertz CT molecular complexity index is 272. The Morgan fingerprint density at radius 1 is 1.71 bits per heavy atom. The topological polar surface area (TPSA) is 50.7 Å². The van der Waals surface area contributed by atoms with E-state index in [0.29, 0.717) is 5.84 Å². The third kappa shape index (κ3) is 5.53. The molecule has 0 amide bonds. The molecule has 0 saturated carbocycles. The number of nitrogens with one attached hydrogen (secondary N) is 1. The number of hydrogen-bond donors (Lipinski definition) is 1. The van der Waals surface area contributed by atoms with E-state index in [0.717, 1.165) is 4.48 Å². The first-order valence-electron chi connectivity index (χ1n) is 3.93. The molecule has 1 N–H and O–H groups in total. The van der Waals surface area contributed by atoms with Gasteiger partial charge in [0.05, 0.1) is 7.11 Å². The van der Waals surface area contributed by atoms with Gasteiger partial charge in [0.2, 0.25) is 0 Å². The molecule has 4 nitrogen and oxygen atoms in total. The molecule has 0 aliphatic heterocycles. The van der Waals surface area contributed by atoms with Crippen molar-refractivity contribution in [2.75, 3.05) is 14.2 Å². The van der Waals surface area contributed by atoms with Gasteiger partial charge < -0.3 is 10.1 Å². The van der Waals surface area contributed by atoms with Crippen LogP contribution in [0.25, 0.3) is 0 Å². The Balaban J connectivity index is 4.40. The number of methoxy groups -OCH3 is 1. The molecule has 0 aliphatic carbocycles.